The van der Waals surface area contributed by atoms with Crippen molar-refractivity contribution in [1.29, 1.82) is 0 Å². The standard InChI is InChI=1S/C24H25ClN4OS/c1-15-5-10-29(11-6-15)24(30)16-2-3-19(20(25)12-16)21-13-17(14-31-21)18-4-7-27-23-22(18)26-8-9-28-23/h2-4,7,12-15,26H,5-6,8-11H2,1H3,(H,27,28). The van der Waals surface area contributed by atoms with Gasteiger partial charge in [-0.05, 0) is 54.0 Å². The number of likely N-dealkylation sites (tertiary alicyclic amines) is 1. The van der Waals surface area contributed by atoms with E-state index in [0.29, 0.717) is 16.5 Å². The first-order valence-corrected chi connectivity index (χ1v) is 12.0. The second kappa shape index (κ2) is 8.52. The SMILES string of the molecule is CC1CCN(C(=O)c2ccc(-c3cc(-c4ccnc5c4NCCN5)cs3)c(Cl)c2)CC1. The van der Waals surface area contributed by atoms with Crippen molar-refractivity contribution in [3.05, 3.63) is 52.5 Å². The number of aromatic nitrogens is 1. The van der Waals surface area contributed by atoms with Gasteiger partial charge in [0.15, 0.2) is 0 Å². The van der Waals surface area contributed by atoms with Gasteiger partial charge >= 0.3 is 0 Å². The van der Waals surface area contributed by atoms with Crippen molar-refractivity contribution < 1.29 is 4.79 Å². The number of anilines is 2. The molecule has 0 unspecified atom stereocenters. The monoisotopic (exact) mass is 452 g/mol. The van der Waals surface area contributed by atoms with Crippen LogP contribution in [0.15, 0.2) is 41.9 Å². The number of nitrogens with zero attached hydrogens (tertiary/aromatic N) is 2. The van der Waals surface area contributed by atoms with Crippen LogP contribution in [0.2, 0.25) is 5.02 Å². The smallest absolute Gasteiger partial charge is 0.253 e. The van der Waals surface area contributed by atoms with Crippen LogP contribution in [0.5, 0.6) is 0 Å². The van der Waals surface area contributed by atoms with Gasteiger partial charge in [-0.3, -0.25) is 4.79 Å². The number of carbonyl (C=O) groups excluding carboxylic acids is 1. The highest BCUT2D eigenvalue weighted by molar-refractivity contribution is 7.14. The summed E-state index contributed by atoms with van der Waals surface area (Å²) >= 11 is 8.30. The lowest BCUT2D eigenvalue weighted by molar-refractivity contribution is 0.0697. The summed E-state index contributed by atoms with van der Waals surface area (Å²) in [4.78, 5) is 20.3. The molecule has 1 fully saturated rings. The first kappa shape index (κ1) is 20.3. The molecule has 0 aliphatic carbocycles. The first-order valence-electron chi connectivity index (χ1n) is 10.7. The third kappa shape index (κ3) is 4.02. The second-order valence-corrected chi connectivity index (χ2v) is 9.62. The molecule has 1 aromatic carbocycles. The van der Waals surface area contributed by atoms with Gasteiger partial charge in [0.1, 0.15) is 5.82 Å². The molecule has 160 valence electrons. The van der Waals surface area contributed by atoms with Gasteiger partial charge in [-0.1, -0.05) is 24.6 Å². The maximum Gasteiger partial charge on any atom is 0.253 e. The molecular weight excluding hydrogens is 428 g/mol. The van der Waals surface area contributed by atoms with Crippen LogP contribution in [-0.4, -0.2) is 42.0 Å². The maximum atomic E-state index is 12.9. The van der Waals surface area contributed by atoms with Gasteiger partial charge in [0.25, 0.3) is 5.91 Å². The summed E-state index contributed by atoms with van der Waals surface area (Å²) in [6.45, 7) is 5.64. The summed E-state index contributed by atoms with van der Waals surface area (Å²) in [5.74, 6) is 1.67. The van der Waals surface area contributed by atoms with Crippen molar-refractivity contribution in [3.63, 3.8) is 0 Å². The Bertz CT molecular complexity index is 1120. The number of pyridine rings is 1. The van der Waals surface area contributed by atoms with Gasteiger partial charge in [-0.15, -0.1) is 11.3 Å². The molecule has 1 saturated heterocycles. The molecule has 2 aliphatic rings. The van der Waals surface area contributed by atoms with Gasteiger partial charge in [-0.2, -0.15) is 0 Å². The fraction of sp³-hybridized carbons (Fsp3) is 0.333. The highest BCUT2D eigenvalue weighted by Crippen LogP contribution is 2.40. The fourth-order valence-corrected chi connectivity index (χ4v) is 5.53. The molecule has 0 bridgehead atoms. The van der Waals surface area contributed by atoms with Crippen molar-refractivity contribution in [2.75, 3.05) is 36.8 Å². The summed E-state index contributed by atoms with van der Waals surface area (Å²) in [5.41, 5.74) is 4.92. The molecule has 2 aromatic heterocycles. The lowest BCUT2D eigenvalue weighted by Crippen LogP contribution is -2.37. The van der Waals surface area contributed by atoms with E-state index < -0.39 is 0 Å². The molecule has 0 saturated carbocycles. The van der Waals surface area contributed by atoms with Crippen LogP contribution in [0.1, 0.15) is 30.1 Å². The average Bonchev–Trinajstić information content (AvgIpc) is 3.28. The molecule has 7 heteroatoms. The van der Waals surface area contributed by atoms with Crippen LogP contribution in [0.25, 0.3) is 21.6 Å². The van der Waals surface area contributed by atoms with E-state index in [1.807, 2.05) is 35.4 Å². The van der Waals surface area contributed by atoms with Crippen molar-refractivity contribution in [3.8, 4) is 21.6 Å². The lowest BCUT2D eigenvalue weighted by Gasteiger charge is -2.30. The Morgan fingerprint density at radius 3 is 2.74 bits per heavy atom. The molecule has 3 aromatic rings. The number of thiophene rings is 1. The molecule has 2 N–H and O–H groups in total. The topological polar surface area (TPSA) is 57.3 Å². The van der Waals surface area contributed by atoms with Crippen LogP contribution < -0.4 is 10.6 Å². The van der Waals surface area contributed by atoms with Gasteiger partial charge in [0.2, 0.25) is 0 Å². The summed E-state index contributed by atoms with van der Waals surface area (Å²) in [7, 11) is 0. The van der Waals surface area contributed by atoms with Crippen molar-refractivity contribution in [2.24, 2.45) is 5.92 Å². The lowest BCUT2D eigenvalue weighted by atomic mass is 9.98. The first-order chi connectivity index (χ1) is 15.1. The van der Waals surface area contributed by atoms with Crippen LogP contribution >= 0.6 is 22.9 Å². The summed E-state index contributed by atoms with van der Waals surface area (Å²) in [5, 5.41) is 9.55. The molecule has 5 rings (SSSR count). The molecular formula is C24H25ClN4OS. The van der Waals surface area contributed by atoms with Crippen molar-refractivity contribution >= 4 is 40.4 Å². The minimum Gasteiger partial charge on any atom is -0.380 e. The summed E-state index contributed by atoms with van der Waals surface area (Å²) < 4.78 is 0. The number of benzene rings is 1. The van der Waals surface area contributed by atoms with Crippen molar-refractivity contribution in [2.45, 2.75) is 19.8 Å². The van der Waals surface area contributed by atoms with E-state index in [9.17, 15) is 4.79 Å². The summed E-state index contributed by atoms with van der Waals surface area (Å²) in [6.07, 6.45) is 3.97. The number of hydrogen-bond acceptors (Lipinski definition) is 5. The van der Waals surface area contributed by atoms with E-state index in [1.165, 1.54) is 0 Å². The second-order valence-electron chi connectivity index (χ2n) is 8.30. The van der Waals surface area contributed by atoms with Crippen LogP contribution in [0.3, 0.4) is 0 Å². The Kier molecular flexibility index (Phi) is 5.59. The van der Waals surface area contributed by atoms with Crippen LogP contribution in [0, 0.1) is 5.92 Å². The molecule has 0 atom stereocenters. The van der Waals surface area contributed by atoms with Crippen molar-refractivity contribution in [1.82, 2.24) is 9.88 Å². The number of amides is 1. The number of hydrogen-bond donors (Lipinski definition) is 2. The number of fused-ring (bicyclic) bond motifs is 1. The molecule has 5 nitrogen and oxygen atoms in total. The molecule has 2 aliphatic heterocycles. The minimum atomic E-state index is 0.0780. The predicted octanol–water partition coefficient (Wildman–Crippen LogP) is 5.84. The molecule has 4 heterocycles. The zero-order valence-electron chi connectivity index (χ0n) is 17.5. The Labute approximate surface area is 191 Å². The Morgan fingerprint density at radius 1 is 1.13 bits per heavy atom. The Morgan fingerprint density at radius 2 is 1.94 bits per heavy atom. The van der Waals surface area contributed by atoms with Crippen LogP contribution in [0.4, 0.5) is 11.5 Å². The van der Waals surface area contributed by atoms with Gasteiger partial charge in [0, 0.05) is 53.9 Å². The van der Waals surface area contributed by atoms with E-state index in [1.54, 1.807) is 11.3 Å². The number of carbonyl (C=O) groups is 1. The van der Waals surface area contributed by atoms with E-state index >= 15 is 0 Å². The van der Waals surface area contributed by atoms with E-state index in [0.717, 1.165) is 72.1 Å². The zero-order chi connectivity index (χ0) is 21.4. The Balaban J connectivity index is 1.40. The number of rotatable bonds is 3. The predicted molar refractivity (Wildman–Crippen MR) is 129 cm³/mol. The van der Waals surface area contributed by atoms with Gasteiger partial charge in [-0.25, -0.2) is 4.98 Å². The number of halogens is 1. The van der Waals surface area contributed by atoms with Gasteiger partial charge < -0.3 is 15.5 Å². The van der Waals surface area contributed by atoms with Crippen LogP contribution in [-0.2, 0) is 0 Å². The maximum absolute atomic E-state index is 12.9. The third-order valence-electron chi connectivity index (χ3n) is 6.13. The quantitative estimate of drug-likeness (QED) is 0.524. The van der Waals surface area contributed by atoms with E-state index in [2.05, 4.69) is 34.0 Å². The average molecular weight is 453 g/mol. The highest BCUT2D eigenvalue weighted by atomic mass is 35.5. The summed E-state index contributed by atoms with van der Waals surface area (Å²) in [6, 6.07) is 9.88. The Hall–Kier alpha value is -2.57. The van der Waals surface area contributed by atoms with E-state index in [4.69, 9.17) is 11.6 Å². The zero-order valence-corrected chi connectivity index (χ0v) is 19.0. The largest absolute Gasteiger partial charge is 0.380 e. The molecule has 0 radical (unpaired) electrons. The molecule has 1 amide bonds. The number of nitrogens with one attached hydrogen (secondary N) is 2. The molecule has 31 heavy (non-hydrogen) atoms. The minimum absolute atomic E-state index is 0.0780. The normalized spacial score (nSPS) is 16.4. The van der Waals surface area contributed by atoms with E-state index in [-0.39, 0.29) is 5.91 Å². The van der Waals surface area contributed by atoms with Gasteiger partial charge in [0.05, 0.1) is 10.7 Å². The third-order valence-corrected chi connectivity index (χ3v) is 7.41. The number of piperidine rings is 1. The molecule has 0 spiro atoms. The highest BCUT2D eigenvalue weighted by Gasteiger charge is 2.22. The fourth-order valence-electron chi connectivity index (χ4n) is 4.24.